The molecule has 2 aliphatic heterocycles. The highest BCUT2D eigenvalue weighted by Gasteiger charge is 2.33. The van der Waals surface area contributed by atoms with Crippen LogP contribution in [0.5, 0.6) is 5.75 Å². The molecule has 1 aromatic rings. The number of methoxy groups -OCH3 is 1. The van der Waals surface area contributed by atoms with E-state index in [9.17, 15) is 8.42 Å². The second-order valence-corrected chi connectivity index (χ2v) is 11.2. The van der Waals surface area contributed by atoms with Crippen molar-refractivity contribution in [2.75, 3.05) is 33.3 Å². The lowest BCUT2D eigenvalue weighted by molar-refractivity contribution is 0.00691. The molecule has 8 nitrogen and oxygen atoms in total. The number of hydrogen-bond donors (Lipinski definition) is 1. The average molecular weight is 527 g/mol. The highest BCUT2D eigenvalue weighted by Crippen LogP contribution is 2.27. The first-order valence-electron chi connectivity index (χ1n) is 11.1. The predicted octanol–water partition coefficient (Wildman–Crippen LogP) is 2.91. The summed E-state index contributed by atoms with van der Waals surface area (Å²) in [6, 6.07) is 6.57. The largest absolute Gasteiger partial charge is 0.497 e. The first-order chi connectivity index (χ1) is 15.4. The Labute approximate surface area is 198 Å². The van der Waals surface area contributed by atoms with E-state index in [2.05, 4.69) is 38.1 Å². The number of aliphatic imine (C=N–C) groups is 1. The molecule has 2 fully saturated rings. The molecule has 32 heavy (non-hydrogen) atoms. The number of benzene rings is 1. The zero-order valence-corrected chi connectivity index (χ0v) is 20.9. The molecular weight excluding hydrogens is 496 g/mol. The molecule has 0 radical (unpaired) electrons. The molecule has 1 aromatic carbocycles. The third-order valence-corrected chi connectivity index (χ3v) is 8.93. The summed E-state index contributed by atoms with van der Waals surface area (Å²) in [6.07, 6.45) is 6.53. The molecule has 3 aliphatic rings. The minimum absolute atomic E-state index is 0.0346. The van der Waals surface area contributed by atoms with Crippen molar-refractivity contribution in [1.29, 1.82) is 0 Å². The van der Waals surface area contributed by atoms with Crippen molar-refractivity contribution in [2.45, 2.75) is 55.9 Å². The van der Waals surface area contributed by atoms with Gasteiger partial charge in [0.2, 0.25) is 10.0 Å². The summed E-state index contributed by atoms with van der Waals surface area (Å²) < 4.78 is 39.8. The second-order valence-electron chi connectivity index (χ2n) is 8.39. The average Bonchev–Trinajstić information content (AvgIpc) is 3.33. The topological polar surface area (TPSA) is 83.5 Å². The third-order valence-electron chi connectivity index (χ3n) is 6.40. The van der Waals surface area contributed by atoms with Crippen LogP contribution in [-0.4, -0.2) is 75.1 Å². The van der Waals surface area contributed by atoms with E-state index in [0.717, 1.165) is 23.2 Å². The van der Waals surface area contributed by atoms with Gasteiger partial charge in [-0.15, -0.1) is 0 Å². The highest BCUT2D eigenvalue weighted by molar-refractivity contribution is 9.11. The van der Waals surface area contributed by atoms with Gasteiger partial charge in [-0.1, -0.05) is 12.8 Å². The smallest absolute Gasteiger partial charge is 0.243 e. The summed E-state index contributed by atoms with van der Waals surface area (Å²) in [5.74, 6) is 1.49. The van der Waals surface area contributed by atoms with Gasteiger partial charge in [-0.2, -0.15) is 4.31 Å². The Hall–Kier alpha value is -1.46. The van der Waals surface area contributed by atoms with Crippen molar-refractivity contribution in [3.63, 3.8) is 0 Å². The minimum Gasteiger partial charge on any atom is -0.497 e. The summed E-state index contributed by atoms with van der Waals surface area (Å²) in [5, 5.41) is 3.43. The monoisotopic (exact) mass is 526 g/mol. The van der Waals surface area contributed by atoms with Gasteiger partial charge in [0.05, 0.1) is 28.6 Å². The molecule has 0 spiro atoms. The van der Waals surface area contributed by atoms with Crippen LogP contribution < -0.4 is 10.1 Å². The fraction of sp³-hybridized carbons (Fsp3) is 0.591. The zero-order chi connectivity index (χ0) is 22.7. The summed E-state index contributed by atoms with van der Waals surface area (Å²) in [5.41, 5.74) is 0. The lowest BCUT2D eigenvalue weighted by Gasteiger charge is -2.39. The van der Waals surface area contributed by atoms with Gasteiger partial charge in [0.1, 0.15) is 11.6 Å². The number of sulfonamides is 1. The van der Waals surface area contributed by atoms with Crippen molar-refractivity contribution < 1.29 is 17.9 Å². The zero-order valence-electron chi connectivity index (χ0n) is 18.5. The summed E-state index contributed by atoms with van der Waals surface area (Å²) >= 11 is 3.57. The van der Waals surface area contributed by atoms with E-state index in [1.807, 2.05) is 6.20 Å². The van der Waals surface area contributed by atoms with Crippen LogP contribution in [0.3, 0.4) is 0 Å². The Morgan fingerprint density at radius 1 is 1.12 bits per heavy atom. The van der Waals surface area contributed by atoms with E-state index in [0.29, 0.717) is 36.8 Å². The molecule has 1 aliphatic carbocycles. The van der Waals surface area contributed by atoms with Crippen molar-refractivity contribution in [2.24, 2.45) is 4.99 Å². The van der Waals surface area contributed by atoms with Crippen molar-refractivity contribution in [3.8, 4) is 5.75 Å². The van der Waals surface area contributed by atoms with Crippen LogP contribution >= 0.6 is 15.9 Å². The maximum atomic E-state index is 13.0. The van der Waals surface area contributed by atoms with Crippen LogP contribution in [0, 0.1) is 0 Å². The summed E-state index contributed by atoms with van der Waals surface area (Å²) in [7, 11) is -1.96. The van der Waals surface area contributed by atoms with Gasteiger partial charge in [-0.3, -0.25) is 4.90 Å². The van der Waals surface area contributed by atoms with E-state index in [4.69, 9.17) is 9.47 Å². The number of hydrogen-bond acceptors (Lipinski definition) is 7. The molecule has 1 saturated heterocycles. The van der Waals surface area contributed by atoms with Gasteiger partial charge in [-0.25, -0.2) is 13.4 Å². The van der Waals surface area contributed by atoms with Crippen LogP contribution in [-0.2, 0) is 14.8 Å². The number of ether oxygens (including phenoxy) is 2. The van der Waals surface area contributed by atoms with Crippen LogP contribution in [0.15, 0.2) is 44.8 Å². The van der Waals surface area contributed by atoms with Gasteiger partial charge >= 0.3 is 0 Å². The summed E-state index contributed by atoms with van der Waals surface area (Å²) in [6.45, 7) is 4.24. The van der Waals surface area contributed by atoms with E-state index < -0.39 is 10.0 Å². The number of nitrogens with zero attached hydrogens (tertiary/aromatic N) is 3. The molecule has 176 valence electrons. The molecule has 0 bridgehead atoms. The predicted molar refractivity (Wildman–Crippen MR) is 127 cm³/mol. The molecule has 4 rings (SSSR count). The maximum Gasteiger partial charge on any atom is 0.243 e. The lowest BCUT2D eigenvalue weighted by Crippen LogP contribution is -2.56. The quantitative estimate of drug-likeness (QED) is 0.588. The fourth-order valence-corrected chi connectivity index (χ4v) is 6.13. The SMILES string of the molecule is COc1ccc(S(=O)(=O)N2CCN(C(C)C3=NC=C(Br)C(OC4CCCC4)N3)CC2)cc1. The van der Waals surface area contributed by atoms with Crippen molar-refractivity contribution in [3.05, 3.63) is 34.9 Å². The van der Waals surface area contributed by atoms with Crippen LogP contribution in [0.25, 0.3) is 0 Å². The van der Waals surface area contributed by atoms with Gasteiger partial charge in [0.15, 0.2) is 6.23 Å². The van der Waals surface area contributed by atoms with E-state index in [1.54, 1.807) is 35.7 Å². The first kappa shape index (κ1) is 23.7. The molecular formula is C22H31BrN4O4S. The fourth-order valence-electron chi connectivity index (χ4n) is 4.38. The van der Waals surface area contributed by atoms with E-state index in [-0.39, 0.29) is 18.4 Å². The minimum atomic E-state index is -3.52. The molecule has 1 N–H and O–H groups in total. The molecule has 10 heteroatoms. The standard InChI is InChI=1S/C22H31BrN4O4S/c1-16(21-24-15-20(23)22(25-21)31-18-5-3-4-6-18)26-11-13-27(14-12-26)32(28,29)19-9-7-17(30-2)8-10-19/h7-10,15-16,18,22H,3-6,11-14H2,1-2H3,(H,24,25). The molecule has 0 aromatic heterocycles. The molecule has 2 heterocycles. The number of piperazine rings is 1. The van der Waals surface area contributed by atoms with Crippen molar-refractivity contribution >= 4 is 31.8 Å². The second kappa shape index (κ2) is 10.2. The van der Waals surface area contributed by atoms with Crippen LogP contribution in [0.2, 0.25) is 0 Å². The Balaban J connectivity index is 1.35. The maximum absolute atomic E-state index is 13.0. The van der Waals surface area contributed by atoms with E-state index in [1.165, 1.54) is 12.8 Å². The van der Waals surface area contributed by atoms with Crippen molar-refractivity contribution in [1.82, 2.24) is 14.5 Å². The molecule has 1 saturated carbocycles. The number of halogens is 1. The van der Waals surface area contributed by atoms with E-state index >= 15 is 0 Å². The Morgan fingerprint density at radius 2 is 1.78 bits per heavy atom. The van der Waals surface area contributed by atoms with Gasteiger partial charge in [0, 0.05) is 32.4 Å². The molecule has 0 amide bonds. The molecule has 2 atom stereocenters. The van der Waals surface area contributed by atoms with Gasteiger partial charge in [-0.05, 0) is 60.0 Å². The normalized spacial score (nSPS) is 24.5. The highest BCUT2D eigenvalue weighted by atomic mass is 79.9. The number of amidine groups is 1. The van der Waals surface area contributed by atoms with Crippen LogP contribution in [0.4, 0.5) is 0 Å². The molecule has 2 unspecified atom stereocenters. The third kappa shape index (κ3) is 5.20. The lowest BCUT2D eigenvalue weighted by atomic mass is 10.2. The Morgan fingerprint density at radius 3 is 2.41 bits per heavy atom. The Bertz CT molecular complexity index is 953. The summed E-state index contributed by atoms with van der Waals surface area (Å²) in [4.78, 5) is 7.12. The van der Waals surface area contributed by atoms with Gasteiger partial charge < -0.3 is 14.8 Å². The number of rotatable bonds is 7. The number of nitrogens with one attached hydrogen (secondary N) is 1. The van der Waals surface area contributed by atoms with Crippen LogP contribution in [0.1, 0.15) is 32.6 Å². The Kier molecular flexibility index (Phi) is 7.56. The van der Waals surface area contributed by atoms with Gasteiger partial charge in [0.25, 0.3) is 0 Å². The first-order valence-corrected chi connectivity index (χ1v) is 13.4.